The predicted octanol–water partition coefficient (Wildman–Crippen LogP) is 7.44. The van der Waals surface area contributed by atoms with E-state index in [0.29, 0.717) is 81.6 Å². The standard InChI is InChI=1S/C26H29N3O7.C22H20Br3NO3.C22H23NO3.CH4.3HI/c1-15-6-16(2)24(30)19(7-15)12-29(5,13-20-10-22(27(33)34)8-17(3)25(20)31)14-21-11-23(28(35)36)9-18(4)26(21)32;1-26(11-14-8-17(23)2-5-20(14)27,12-15-9-18(24)3-6-21(15)28)13-16-10-19(25)4-7-22(16)29;1-23(14-17-8-2-5-11-20(17)24,15-18-9-3-6-12-21(18)25)16-19-10-4-7-13-22(19)26;;;;/h6-11H,12-14H2,1-5H3,(H2-,30,31,32);2-10H,11-13H2,1H3,(H2-,27,28,29);2-13H,14-16H2,1H3,(H2-,24,25,26);1H4;3*1H. The van der Waals surface area contributed by atoms with Gasteiger partial charge >= 0.3 is 0 Å². The molecule has 24 heteroatoms. The minimum atomic E-state index is -0.536. The first kappa shape index (κ1) is 82.7. The van der Waals surface area contributed by atoms with Gasteiger partial charge in [-0.15, -0.1) is 0 Å². The van der Waals surface area contributed by atoms with Crippen LogP contribution in [0.2, 0.25) is 0 Å². The van der Waals surface area contributed by atoms with Gasteiger partial charge in [0.2, 0.25) is 0 Å². The maximum atomic E-state index is 11.5. The molecular formula is C71H79Br3I3N5O13. The molecule has 0 fully saturated rings. The summed E-state index contributed by atoms with van der Waals surface area (Å²) in [4.78, 5) is 21.8. The monoisotopic (exact) mass is 1830 g/mol. The van der Waals surface area contributed by atoms with Gasteiger partial charge in [-0.25, -0.2) is 0 Å². The molecule has 0 unspecified atom stereocenters. The van der Waals surface area contributed by atoms with E-state index < -0.39 is 9.85 Å². The molecule has 0 saturated heterocycles. The van der Waals surface area contributed by atoms with Crippen molar-refractivity contribution in [2.45, 2.75) is 94.0 Å². The van der Waals surface area contributed by atoms with Crippen LogP contribution in [0.1, 0.15) is 79.8 Å². The number of para-hydroxylation sites is 3. The van der Waals surface area contributed by atoms with Crippen LogP contribution in [0.15, 0.2) is 177 Å². The molecule has 0 aromatic heterocycles. The van der Waals surface area contributed by atoms with Crippen molar-refractivity contribution < 1.29 is 141 Å². The van der Waals surface area contributed by atoms with Crippen LogP contribution < -0.4 is 71.9 Å². The summed E-state index contributed by atoms with van der Waals surface area (Å²) in [5, 5.41) is 117. The van der Waals surface area contributed by atoms with Crippen LogP contribution in [0.25, 0.3) is 0 Å². The van der Waals surface area contributed by atoms with Crippen molar-refractivity contribution in [1.29, 1.82) is 0 Å². The van der Waals surface area contributed by atoms with Crippen LogP contribution in [0, 0.1) is 47.9 Å². The molecule has 508 valence electrons. The minimum absolute atomic E-state index is 0. The molecule has 0 aliphatic rings. The van der Waals surface area contributed by atoms with Gasteiger partial charge in [0, 0.05) is 76.6 Å². The Labute approximate surface area is 631 Å². The molecule has 0 heterocycles. The van der Waals surface area contributed by atoms with E-state index in [-0.39, 0.29) is 167 Å². The number of phenols is 9. The first-order valence-corrected chi connectivity index (χ1v) is 31.2. The number of rotatable bonds is 20. The summed E-state index contributed by atoms with van der Waals surface area (Å²) in [6, 6.07) is 46.8. The van der Waals surface area contributed by atoms with Gasteiger partial charge < -0.3 is 131 Å². The number of aromatic hydroxyl groups is 9. The van der Waals surface area contributed by atoms with Crippen LogP contribution in [-0.4, -0.2) is 90.4 Å². The van der Waals surface area contributed by atoms with E-state index in [9.17, 15) is 66.2 Å². The third-order valence-corrected chi connectivity index (χ3v) is 17.2. The summed E-state index contributed by atoms with van der Waals surface area (Å²) in [5.41, 5.74) is 8.04. The van der Waals surface area contributed by atoms with Gasteiger partial charge in [-0.2, -0.15) is 0 Å². The molecule has 9 N–H and O–H groups in total. The summed E-state index contributed by atoms with van der Waals surface area (Å²) in [6.07, 6.45) is 0. The highest BCUT2D eigenvalue weighted by molar-refractivity contribution is 9.11. The van der Waals surface area contributed by atoms with Gasteiger partial charge in [0.15, 0.2) is 0 Å². The van der Waals surface area contributed by atoms with Crippen LogP contribution in [0.5, 0.6) is 51.7 Å². The second kappa shape index (κ2) is 36.2. The molecule has 0 aliphatic carbocycles. The van der Waals surface area contributed by atoms with E-state index in [4.69, 9.17) is 0 Å². The third-order valence-electron chi connectivity index (χ3n) is 15.7. The number of non-ortho nitro benzene ring substituents is 2. The molecule has 0 atom stereocenters. The molecule has 9 rings (SSSR count). The molecule has 9 aromatic rings. The normalized spacial score (nSPS) is 11.0. The zero-order valence-electron chi connectivity index (χ0n) is 52.6. The van der Waals surface area contributed by atoms with Gasteiger partial charge in [-0.05, 0) is 141 Å². The first-order valence-electron chi connectivity index (χ1n) is 28.8. The number of benzene rings is 9. The Morgan fingerprint density at radius 3 is 0.832 bits per heavy atom. The van der Waals surface area contributed by atoms with Crippen molar-refractivity contribution >= 4 is 59.2 Å². The predicted molar refractivity (Wildman–Crippen MR) is 367 cm³/mol. The Kier molecular flexibility index (Phi) is 31.5. The molecule has 18 nitrogen and oxygen atoms in total. The largest absolute Gasteiger partial charge is 1.00 e. The second-order valence-electron chi connectivity index (χ2n) is 24.1. The highest BCUT2D eigenvalue weighted by Gasteiger charge is 2.33. The zero-order valence-corrected chi connectivity index (χ0v) is 63.8. The lowest BCUT2D eigenvalue weighted by Crippen LogP contribution is -3.00. The number of hydrogen-bond donors (Lipinski definition) is 9. The molecule has 0 aliphatic heterocycles. The SMILES string of the molecule is C.C[N+](Cc1cc(Br)ccc1O)(Cc1cc(Br)ccc1O)Cc1cc(Br)ccc1O.C[N+](Cc1ccccc1O)(Cc1ccccc1O)Cc1ccccc1O.Cc1cc(C)c(O)c(C[N+](C)(Cc2cc([N+](=O)[O-])cc(C)c2O)Cc2cc([N+](=O)[O-])cc(C)c2O)c1.[I-].[I-].[I-]. The Bertz CT molecular complexity index is 3830. The maximum Gasteiger partial charge on any atom is 0.270 e. The van der Waals surface area contributed by atoms with E-state index in [1.165, 1.54) is 24.3 Å². The summed E-state index contributed by atoms with van der Waals surface area (Å²) in [6.45, 7) is 10.4. The maximum absolute atomic E-state index is 11.5. The van der Waals surface area contributed by atoms with Crippen LogP contribution in [0.3, 0.4) is 0 Å². The molecule has 0 bridgehead atoms. The fraction of sp³-hybridized carbons (Fsp3) is 0.239. The van der Waals surface area contributed by atoms with E-state index in [1.54, 1.807) is 101 Å². The van der Waals surface area contributed by atoms with E-state index >= 15 is 0 Å². The summed E-state index contributed by atoms with van der Waals surface area (Å²) in [5.74, 6) is 1.34. The molecule has 0 spiro atoms. The summed E-state index contributed by atoms with van der Waals surface area (Å²) < 4.78 is 3.61. The van der Waals surface area contributed by atoms with Crippen molar-refractivity contribution in [3.63, 3.8) is 0 Å². The number of nitro groups is 2. The Morgan fingerprint density at radius 1 is 0.326 bits per heavy atom. The van der Waals surface area contributed by atoms with E-state index in [1.807, 2.05) is 80.7 Å². The van der Waals surface area contributed by atoms with E-state index in [2.05, 4.69) is 54.8 Å². The minimum Gasteiger partial charge on any atom is -1.00 e. The van der Waals surface area contributed by atoms with Crippen molar-refractivity contribution in [1.82, 2.24) is 0 Å². The third kappa shape index (κ3) is 23.1. The smallest absolute Gasteiger partial charge is 0.270 e. The molecular weight excluding hydrogens is 1750 g/mol. The van der Waals surface area contributed by atoms with Crippen LogP contribution >= 0.6 is 47.8 Å². The average Bonchev–Trinajstić information content (AvgIpc) is 0.810. The number of nitrogens with zero attached hydrogens (tertiary/aromatic N) is 5. The van der Waals surface area contributed by atoms with Crippen LogP contribution in [0.4, 0.5) is 11.4 Å². The lowest BCUT2D eigenvalue weighted by molar-refractivity contribution is -0.948. The first-order chi connectivity index (χ1) is 42.8. The number of nitro benzene ring substituents is 2. The van der Waals surface area contributed by atoms with Crippen molar-refractivity contribution in [3.05, 3.63) is 270 Å². The number of hydrogen-bond acceptors (Lipinski definition) is 13. The average molecular weight is 1830 g/mol. The molecule has 0 amide bonds. The lowest BCUT2D eigenvalue weighted by atomic mass is 10.0. The highest BCUT2D eigenvalue weighted by atomic mass is 127. The number of halogens is 6. The molecule has 0 saturated carbocycles. The molecule has 95 heavy (non-hydrogen) atoms. The number of quaternary nitrogens is 3. The van der Waals surface area contributed by atoms with Gasteiger partial charge in [-0.1, -0.05) is 103 Å². The van der Waals surface area contributed by atoms with Gasteiger partial charge in [0.05, 0.1) is 42.1 Å². The molecule has 9 aromatic carbocycles. The van der Waals surface area contributed by atoms with E-state index in [0.717, 1.165) is 52.4 Å². The van der Waals surface area contributed by atoms with Crippen LogP contribution in [-0.2, 0) is 58.9 Å². The number of phenolic OH excluding ortho intramolecular Hbond substituents is 9. The van der Waals surface area contributed by atoms with Crippen molar-refractivity contribution in [2.75, 3.05) is 21.1 Å². The lowest BCUT2D eigenvalue weighted by Gasteiger charge is -2.36. The fourth-order valence-corrected chi connectivity index (χ4v) is 12.7. The zero-order chi connectivity index (χ0) is 66.7. The van der Waals surface area contributed by atoms with Gasteiger partial charge in [-0.3, -0.25) is 20.2 Å². The second-order valence-corrected chi connectivity index (χ2v) is 26.9. The van der Waals surface area contributed by atoms with Crippen molar-refractivity contribution in [2.24, 2.45) is 0 Å². The quantitative estimate of drug-likeness (QED) is 0.0156. The Balaban J connectivity index is 0.000000368. The highest BCUT2D eigenvalue weighted by Crippen LogP contribution is 2.39. The Hall–Kier alpha value is -6.51. The van der Waals surface area contributed by atoms with Crippen molar-refractivity contribution in [3.8, 4) is 51.7 Å². The fourth-order valence-electron chi connectivity index (χ4n) is 11.5. The summed E-state index contributed by atoms with van der Waals surface area (Å²) in [7, 11) is 5.91. The summed E-state index contributed by atoms with van der Waals surface area (Å²) >= 11 is 10.4. The van der Waals surface area contributed by atoms with Gasteiger partial charge in [0.1, 0.15) is 111 Å². The number of aryl methyl sites for hydroxylation is 4. The Morgan fingerprint density at radius 2 is 0.558 bits per heavy atom. The molecule has 0 radical (unpaired) electrons. The van der Waals surface area contributed by atoms with Gasteiger partial charge in [0.25, 0.3) is 11.4 Å². The topological polar surface area (TPSA) is 268 Å².